The van der Waals surface area contributed by atoms with Crippen LogP contribution >= 0.6 is 0 Å². The van der Waals surface area contributed by atoms with Crippen LogP contribution in [0.25, 0.3) is 11.3 Å². The first-order valence-corrected chi connectivity index (χ1v) is 6.17. The maximum Gasteiger partial charge on any atom is 0.123 e. The van der Waals surface area contributed by atoms with Crippen molar-refractivity contribution in [3.8, 4) is 17.3 Å². The summed E-state index contributed by atoms with van der Waals surface area (Å²) in [6, 6.07) is 8.58. The molecule has 3 nitrogen and oxygen atoms in total. The first-order chi connectivity index (χ1) is 8.65. The molecule has 1 aromatic carbocycles. The molecule has 92 valence electrons. The van der Waals surface area contributed by atoms with Crippen LogP contribution in [0.5, 0.6) is 0 Å². The average Bonchev–Trinajstić information content (AvgIpc) is 2.84. The van der Waals surface area contributed by atoms with Crippen molar-refractivity contribution in [3.05, 3.63) is 41.3 Å². The van der Waals surface area contributed by atoms with Gasteiger partial charge in [0.1, 0.15) is 11.7 Å². The summed E-state index contributed by atoms with van der Waals surface area (Å²) in [4.78, 5) is 7.55. The van der Waals surface area contributed by atoms with E-state index in [9.17, 15) is 0 Å². The monoisotopic (exact) mass is 239 g/mol. The smallest absolute Gasteiger partial charge is 0.123 e. The van der Waals surface area contributed by atoms with Gasteiger partial charge < -0.3 is 4.98 Å². The van der Waals surface area contributed by atoms with Crippen LogP contribution in [0.4, 0.5) is 0 Å². The Labute approximate surface area is 107 Å². The molecule has 1 unspecified atom stereocenters. The zero-order valence-corrected chi connectivity index (χ0v) is 11.0. The van der Waals surface area contributed by atoms with Crippen LogP contribution in [0.1, 0.15) is 36.2 Å². The number of imidazole rings is 1. The summed E-state index contributed by atoms with van der Waals surface area (Å²) in [5.41, 5.74) is 4.63. The SMILES string of the molecule is CCC(C#N)c1ncc(-c2ccc(C)c(C)c2)[nH]1. The van der Waals surface area contributed by atoms with E-state index in [0.29, 0.717) is 0 Å². The predicted octanol–water partition coefficient (Wildman–Crippen LogP) is 3.71. The summed E-state index contributed by atoms with van der Waals surface area (Å²) >= 11 is 0. The zero-order chi connectivity index (χ0) is 13.1. The zero-order valence-electron chi connectivity index (χ0n) is 11.0. The van der Waals surface area contributed by atoms with Gasteiger partial charge in [-0.15, -0.1) is 0 Å². The summed E-state index contributed by atoms with van der Waals surface area (Å²) in [7, 11) is 0. The number of nitriles is 1. The van der Waals surface area contributed by atoms with E-state index in [1.54, 1.807) is 6.20 Å². The fraction of sp³-hybridized carbons (Fsp3) is 0.333. The van der Waals surface area contributed by atoms with Gasteiger partial charge in [-0.2, -0.15) is 5.26 Å². The van der Waals surface area contributed by atoms with Gasteiger partial charge >= 0.3 is 0 Å². The molecule has 3 heteroatoms. The number of aromatic amines is 1. The van der Waals surface area contributed by atoms with Crippen LogP contribution in [0.15, 0.2) is 24.4 Å². The number of nitrogens with zero attached hydrogens (tertiary/aromatic N) is 2. The predicted molar refractivity (Wildman–Crippen MR) is 72.1 cm³/mol. The molecule has 0 bridgehead atoms. The minimum Gasteiger partial charge on any atom is -0.341 e. The number of benzene rings is 1. The van der Waals surface area contributed by atoms with E-state index in [0.717, 1.165) is 23.5 Å². The van der Waals surface area contributed by atoms with Gasteiger partial charge in [0.25, 0.3) is 0 Å². The van der Waals surface area contributed by atoms with Crippen LogP contribution in [-0.4, -0.2) is 9.97 Å². The fourth-order valence-electron chi connectivity index (χ4n) is 1.92. The van der Waals surface area contributed by atoms with E-state index in [-0.39, 0.29) is 5.92 Å². The normalized spacial score (nSPS) is 12.1. The highest BCUT2D eigenvalue weighted by Gasteiger charge is 2.12. The van der Waals surface area contributed by atoms with Gasteiger partial charge in [0, 0.05) is 0 Å². The van der Waals surface area contributed by atoms with Gasteiger partial charge in [-0.3, -0.25) is 0 Å². The molecule has 1 heterocycles. The lowest BCUT2D eigenvalue weighted by Gasteiger charge is -2.04. The van der Waals surface area contributed by atoms with Crippen molar-refractivity contribution in [2.45, 2.75) is 33.1 Å². The van der Waals surface area contributed by atoms with Crippen LogP contribution < -0.4 is 0 Å². The third-order valence-electron chi connectivity index (χ3n) is 3.31. The summed E-state index contributed by atoms with van der Waals surface area (Å²) < 4.78 is 0. The van der Waals surface area contributed by atoms with Crippen molar-refractivity contribution in [1.82, 2.24) is 9.97 Å². The Morgan fingerprint density at radius 2 is 2.11 bits per heavy atom. The van der Waals surface area contributed by atoms with Crippen molar-refractivity contribution in [2.75, 3.05) is 0 Å². The molecule has 1 N–H and O–H groups in total. The second-order valence-corrected chi connectivity index (χ2v) is 4.57. The van der Waals surface area contributed by atoms with Crippen LogP contribution in [0.3, 0.4) is 0 Å². The molecule has 2 rings (SSSR count). The van der Waals surface area contributed by atoms with Crippen molar-refractivity contribution in [1.29, 1.82) is 5.26 Å². The summed E-state index contributed by atoms with van der Waals surface area (Å²) in [6.07, 6.45) is 2.58. The largest absolute Gasteiger partial charge is 0.341 e. The quantitative estimate of drug-likeness (QED) is 0.887. The second-order valence-electron chi connectivity index (χ2n) is 4.57. The van der Waals surface area contributed by atoms with Gasteiger partial charge in [-0.25, -0.2) is 4.98 Å². The summed E-state index contributed by atoms with van der Waals surface area (Å²) in [5.74, 6) is 0.610. The number of hydrogen-bond donors (Lipinski definition) is 1. The number of H-pyrrole nitrogens is 1. The Morgan fingerprint density at radius 1 is 1.33 bits per heavy atom. The van der Waals surface area contributed by atoms with E-state index in [4.69, 9.17) is 5.26 Å². The molecule has 0 aliphatic heterocycles. The molecule has 18 heavy (non-hydrogen) atoms. The summed E-state index contributed by atoms with van der Waals surface area (Å²) in [5, 5.41) is 9.03. The molecule has 0 saturated carbocycles. The molecular formula is C15H17N3. The Bertz CT molecular complexity index is 590. The molecule has 0 amide bonds. The minimum absolute atomic E-state index is 0.148. The Balaban J connectivity index is 2.35. The number of aryl methyl sites for hydroxylation is 2. The van der Waals surface area contributed by atoms with Gasteiger partial charge in [0.2, 0.25) is 0 Å². The van der Waals surface area contributed by atoms with Crippen molar-refractivity contribution in [3.63, 3.8) is 0 Å². The Morgan fingerprint density at radius 3 is 2.72 bits per heavy atom. The van der Waals surface area contributed by atoms with Gasteiger partial charge in [0.05, 0.1) is 18.0 Å². The second kappa shape index (κ2) is 5.05. The van der Waals surface area contributed by atoms with Crippen molar-refractivity contribution < 1.29 is 0 Å². The summed E-state index contributed by atoms with van der Waals surface area (Å²) in [6.45, 7) is 6.19. The highest BCUT2D eigenvalue weighted by molar-refractivity contribution is 5.60. The van der Waals surface area contributed by atoms with Crippen molar-refractivity contribution >= 4 is 0 Å². The van der Waals surface area contributed by atoms with E-state index in [1.165, 1.54) is 11.1 Å². The van der Waals surface area contributed by atoms with Gasteiger partial charge in [-0.05, 0) is 43.0 Å². The first kappa shape index (κ1) is 12.4. The molecule has 1 atom stereocenters. The third-order valence-corrected chi connectivity index (χ3v) is 3.31. The first-order valence-electron chi connectivity index (χ1n) is 6.17. The average molecular weight is 239 g/mol. The molecule has 0 aliphatic rings. The van der Waals surface area contributed by atoms with E-state index in [2.05, 4.69) is 48.1 Å². The van der Waals surface area contributed by atoms with E-state index in [1.807, 2.05) is 6.92 Å². The lowest BCUT2D eigenvalue weighted by Crippen LogP contribution is -1.96. The molecule has 0 radical (unpaired) electrons. The van der Waals surface area contributed by atoms with E-state index < -0.39 is 0 Å². The van der Waals surface area contributed by atoms with E-state index >= 15 is 0 Å². The molecule has 0 aliphatic carbocycles. The molecule has 0 spiro atoms. The highest BCUT2D eigenvalue weighted by atomic mass is 14.9. The Kier molecular flexibility index (Phi) is 3.47. The minimum atomic E-state index is -0.148. The van der Waals surface area contributed by atoms with Crippen LogP contribution in [0.2, 0.25) is 0 Å². The fourth-order valence-corrected chi connectivity index (χ4v) is 1.92. The van der Waals surface area contributed by atoms with Crippen molar-refractivity contribution in [2.24, 2.45) is 0 Å². The molecular weight excluding hydrogens is 222 g/mol. The number of rotatable bonds is 3. The van der Waals surface area contributed by atoms with Gasteiger partial charge in [0.15, 0.2) is 0 Å². The highest BCUT2D eigenvalue weighted by Crippen LogP contribution is 2.23. The van der Waals surface area contributed by atoms with Gasteiger partial charge in [-0.1, -0.05) is 19.1 Å². The maximum atomic E-state index is 9.03. The lowest BCUT2D eigenvalue weighted by atomic mass is 10.0. The number of aromatic nitrogens is 2. The maximum absolute atomic E-state index is 9.03. The lowest BCUT2D eigenvalue weighted by molar-refractivity contribution is 0.766. The third kappa shape index (κ3) is 2.28. The van der Waals surface area contributed by atoms with Crippen LogP contribution in [-0.2, 0) is 0 Å². The topological polar surface area (TPSA) is 52.5 Å². The molecule has 1 aromatic heterocycles. The Hall–Kier alpha value is -2.08. The standard InChI is InChI=1S/C15H17N3/c1-4-12(8-16)15-17-9-14(18-15)13-6-5-10(2)11(3)7-13/h5-7,9,12H,4H2,1-3H3,(H,17,18). The molecule has 0 fully saturated rings. The number of nitrogens with one attached hydrogen (secondary N) is 1. The number of hydrogen-bond acceptors (Lipinski definition) is 2. The molecule has 2 aromatic rings. The van der Waals surface area contributed by atoms with Crippen LogP contribution in [0, 0.1) is 25.2 Å². The molecule has 0 saturated heterocycles.